The molecule has 0 saturated carbocycles. The Morgan fingerprint density at radius 1 is 1.14 bits per heavy atom. The number of nitrogens with zero attached hydrogens (tertiary/aromatic N) is 1. The van der Waals surface area contributed by atoms with Gasteiger partial charge in [-0.15, -0.1) is 0 Å². The fraction of sp³-hybridized carbons (Fsp3) is 0.278. The van der Waals surface area contributed by atoms with Crippen LogP contribution in [0.4, 0.5) is 4.39 Å². The Morgan fingerprint density at radius 3 is 2.59 bits per heavy atom. The molecule has 3 nitrogen and oxygen atoms in total. The van der Waals surface area contributed by atoms with Crippen LogP contribution in [0.1, 0.15) is 11.1 Å². The molecule has 114 valence electrons. The highest BCUT2D eigenvalue weighted by Gasteiger charge is 2.25. The molecule has 1 heterocycles. The van der Waals surface area contributed by atoms with Crippen LogP contribution < -0.4 is 4.74 Å². The highest BCUT2D eigenvalue weighted by Crippen LogP contribution is 2.22. The van der Waals surface area contributed by atoms with Crippen molar-refractivity contribution < 1.29 is 13.9 Å². The van der Waals surface area contributed by atoms with E-state index in [0.29, 0.717) is 13.2 Å². The van der Waals surface area contributed by atoms with E-state index in [0.717, 1.165) is 30.5 Å². The lowest BCUT2D eigenvalue weighted by Gasteiger charge is -2.36. The van der Waals surface area contributed by atoms with Crippen LogP contribution in [0.15, 0.2) is 48.5 Å². The molecule has 1 aliphatic heterocycles. The number of ether oxygens (including phenoxy) is 1. The molecule has 1 aliphatic rings. The summed E-state index contributed by atoms with van der Waals surface area (Å²) in [6.07, 6.45) is 0.984. The van der Waals surface area contributed by atoms with Gasteiger partial charge in [0.25, 0.3) is 0 Å². The zero-order valence-electron chi connectivity index (χ0n) is 12.2. The van der Waals surface area contributed by atoms with Gasteiger partial charge in [0.2, 0.25) is 0 Å². The Labute approximate surface area is 129 Å². The summed E-state index contributed by atoms with van der Waals surface area (Å²) < 4.78 is 19.6. The van der Waals surface area contributed by atoms with E-state index < -0.39 is 0 Å². The first kappa shape index (κ1) is 14.7. The van der Waals surface area contributed by atoms with Crippen molar-refractivity contribution in [2.24, 2.45) is 5.92 Å². The number of carbonyl (C=O) groups is 1. The highest BCUT2D eigenvalue weighted by atomic mass is 19.1. The topological polar surface area (TPSA) is 29.5 Å². The number of halogens is 1. The number of carbonyl (C=O) groups excluding carboxylic acids is 1. The zero-order chi connectivity index (χ0) is 15.4. The standard InChI is InChI=1S/C18H18FNO2/c19-17-8-15(9-20-10-16(11-20)12-21)6-7-18(17)22-13-14-4-2-1-3-5-14/h1-8,12,16H,9-11,13H2. The Bertz CT molecular complexity index is 639. The number of hydrogen-bond donors (Lipinski definition) is 0. The molecule has 3 rings (SSSR count). The zero-order valence-corrected chi connectivity index (χ0v) is 12.2. The molecule has 0 unspecified atom stereocenters. The summed E-state index contributed by atoms with van der Waals surface area (Å²) >= 11 is 0. The molecule has 2 aromatic carbocycles. The maximum absolute atomic E-state index is 14.1. The average Bonchev–Trinajstić information content (AvgIpc) is 2.50. The van der Waals surface area contributed by atoms with Gasteiger partial charge in [0, 0.05) is 25.6 Å². The minimum absolute atomic E-state index is 0.137. The van der Waals surface area contributed by atoms with Crippen molar-refractivity contribution in [2.45, 2.75) is 13.2 Å². The van der Waals surface area contributed by atoms with Gasteiger partial charge in [0.15, 0.2) is 11.6 Å². The van der Waals surface area contributed by atoms with Gasteiger partial charge in [0.05, 0.1) is 0 Å². The molecule has 1 saturated heterocycles. The molecule has 0 atom stereocenters. The molecule has 2 aromatic rings. The van der Waals surface area contributed by atoms with Crippen LogP contribution in [0, 0.1) is 11.7 Å². The van der Waals surface area contributed by atoms with E-state index in [2.05, 4.69) is 4.90 Å². The molecule has 0 aromatic heterocycles. The van der Waals surface area contributed by atoms with E-state index in [-0.39, 0.29) is 17.5 Å². The Hall–Kier alpha value is -2.20. The van der Waals surface area contributed by atoms with Crippen LogP contribution in [-0.4, -0.2) is 24.3 Å². The lowest BCUT2D eigenvalue weighted by Crippen LogP contribution is -2.46. The van der Waals surface area contributed by atoms with Crippen molar-refractivity contribution >= 4 is 6.29 Å². The summed E-state index contributed by atoms with van der Waals surface area (Å²) in [4.78, 5) is 12.7. The molecule has 0 N–H and O–H groups in total. The van der Waals surface area contributed by atoms with E-state index in [1.807, 2.05) is 36.4 Å². The third-order valence-corrected chi connectivity index (χ3v) is 3.82. The van der Waals surface area contributed by atoms with Crippen LogP contribution in [0.3, 0.4) is 0 Å². The van der Waals surface area contributed by atoms with Crippen LogP contribution in [0.25, 0.3) is 0 Å². The molecule has 0 spiro atoms. The SMILES string of the molecule is O=CC1CN(Cc2ccc(OCc3ccccc3)c(F)c2)C1. The maximum atomic E-state index is 14.1. The van der Waals surface area contributed by atoms with Gasteiger partial charge in [0.1, 0.15) is 12.9 Å². The second-order valence-electron chi connectivity index (χ2n) is 5.63. The van der Waals surface area contributed by atoms with Gasteiger partial charge >= 0.3 is 0 Å². The first-order valence-corrected chi connectivity index (χ1v) is 7.37. The second-order valence-corrected chi connectivity index (χ2v) is 5.63. The summed E-state index contributed by atoms with van der Waals surface area (Å²) in [5, 5.41) is 0. The van der Waals surface area contributed by atoms with Gasteiger partial charge in [-0.3, -0.25) is 4.90 Å². The predicted octanol–water partition coefficient (Wildman–Crippen LogP) is 3.04. The maximum Gasteiger partial charge on any atom is 0.165 e. The van der Waals surface area contributed by atoms with E-state index in [9.17, 15) is 9.18 Å². The molecule has 0 amide bonds. The third kappa shape index (κ3) is 3.52. The van der Waals surface area contributed by atoms with Crippen LogP contribution in [0.5, 0.6) is 5.75 Å². The van der Waals surface area contributed by atoms with E-state index in [4.69, 9.17) is 4.74 Å². The average molecular weight is 299 g/mol. The van der Waals surface area contributed by atoms with Gasteiger partial charge in [-0.05, 0) is 23.3 Å². The molecule has 4 heteroatoms. The molecule has 0 aliphatic carbocycles. The fourth-order valence-corrected chi connectivity index (χ4v) is 2.58. The minimum atomic E-state index is -0.346. The van der Waals surface area contributed by atoms with Crippen LogP contribution >= 0.6 is 0 Å². The van der Waals surface area contributed by atoms with Gasteiger partial charge < -0.3 is 9.53 Å². The molecular weight excluding hydrogens is 281 g/mol. The summed E-state index contributed by atoms with van der Waals surface area (Å²) in [5.41, 5.74) is 1.90. The fourth-order valence-electron chi connectivity index (χ4n) is 2.58. The monoisotopic (exact) mass is 299 g/mol. The molecule has 0 bridgehead atoms. The Morgan fingerprint density at radius 2 is 1.91 bits per heavy atom. The van der Waals surface area contributed by atoms with Crippen molar-refractivity contribution in [2.75, 3.05) is 13.1 Å². The van der Waals surface area contributed by atoms with Gasteiger partial charge in [-0.1, -0.05) is 36.4 Å². The largest absolute Gasteiger partial charge is 0.486 e. The first-order valence-electron chi connectivity index (χ1n) is 7.37. The van der Waals surface area contributed by atoms with Crippen molar-refractivity contribution in [1.29, 1.82) is 0 Å². The van der Waals surface area contributed by atoms with E-state index >= 15 is 0 Å². The summed E-state index contributed by atoms with van der Waals surface area (Å²) in [6, 6.07) is 14.7. The number of benzene rings is 2. The van der Waals surface area contributed by atoms with E-state index in [1.165, 1.54) is 6.07 Å². The highest BCUT2D eigenvalue weighted by molar-refractivity contribution is 5.55. The normalized spacial score (nSPS) is 15.3. The van der Waals surface area contributed by atoms with Gasteiger partial charge in [-0.2, -0.15) is 0 Å². The van der Waals surface area contributed by atoms with Crippen molar-refractivity contribution in [3.63, 3.8) is 0 Å². The van der Waals surface area contributed by atoms with Crippen LogP contribution in [-0.2, 0) is 17.9 Å². The molecule has 0 radical (unpaired) electrons. The first-order chi connectivity index (χ1) is 10.7. The molecular formula is C18H18FNO2. The lowest BCUT2D eigenvalue weighted by molar-refractivity contribution is -0.115. The predicted molar refractivity (Wildman–Crippen MR) is 82.0 cm³/mol. The van der Waals surface area contributed by atoms with Gasteiger partial charge in [-0.25, -0.2) is 4.39 Å². The smallest absolute Gasteiger partial charge is 0.165 e. The molecule has 22 heavy (non-hydrogen) atoms. The quantitative estimate of drug-likeness (QED) is 0.768. The van der Waals surface area contributed by atoms with E-state index in [1.54, 1.807) is 6.07 Å². The third-order valence-electron chi connectivity index (χ3n) is 3.82. The number of hydrogen-bond acceptors (Lipinski definition) is 3. The van der Waals surface area contributed by atoms with Crippen LogP contribution in [0.2, 0.25) is 0 Å². The second kappa shape index (κ2) is 6.71. The minimum Gasteiger partial charge on any atom is -0.486 e. The van der Waals surface area contributed by atoms with Crippen molar-refractivity contribution in [3.05, 3.63) is 65.5 Å². The summed E-state index contributed by atoms with van der Waals surface area (Å²) in [7, 11) is 0. The summed E-state index contributed by atoms with van der Waals surface area (Å²) in [5.74, 6) is 0.0567. The number of aldehydes is 1. The Kier molecular flexibility index (Phi) is 4.49. The summed E-state index contributed by atoms with van der Waals surface area (Å²) in [6.45, 7) is 2.54. The van der Waals surface area contributed by atoms with Crippen molar-refractivity contribution in [1.82, 2.24) is 4.90 Å². The Balaban J connectivity index is 1.56. The number of likely N-dealkylation sites (tertiary alicyclic amines) is 1. The van der Waals surface area contributed by atoms with Crippen molar-refractivity contribution in [3.8, 4) is 5.75 Å². The molecule has 1 fully saturated rings. The number of rotatable bonds is 6. The lowest BCUT2D eigenvalue weighted by atomic mass is 10.0.